The maximum Gasteiger partial charge on any atom is 0.0771 e. The highest BCUT2D eigenvalue weighted by atomic mass is 32.1. The second-order valence-electron chi connectivity index (χ2n) is 5.35. The van der Waals surface area contributed by atoms with Crippen LogP contribution in [0, 0.1) is 17.8 Å². The number of thiophene rings is 1. The van der Waals surface area contributed by atoms with Crippen LogP contribution in [0.5, 0.6) is 0 Å². The first-order valence-corrected chi connectivity index (χ1v) is 8.00. The fraction of sp³-hybridized carbons (Fsp3) is 0.625. The third-order valence-corrected chi connectivity index (χ3v) is 4.58. The first-order valence-electron chi connectivity index (χ1n) is 7.18. The monoisotopic (exact) mass is 277 g/mol. The topological polar surface area (TPSA) is 23.5 Å². The zero-order chi connectivity index (χ0) is 13.5. The lowest BCUT2D eigenvalue weighted by Gasteiger charge is -2.18. The molecule has 0 spiro atoms. The number of likely N-dealkylation sites (tertiary alicyclic amines) is 1. The van der Waals surface area contributed by atoms with Gasteiger partial charge in [-0.15, -0.1) is 11.3 Å². The molecular weight excluding hydrogens is 254 g/mol. The summed E-state index contributed by atoms with van der Waals surface area (Å²) in [6, 6.07) is 4.30. The van der Waals surface area contributed by atoms with Crippen LogP contribution in [0.3, 0.4) is 0 Å². The molecule has 0 amide bonds. The second-order valence-corrected chi connectivity index (χ2v) is 6.52. The van der Waals surface area contributed by atoms with E-state index < -0.39 is 0 Å². The Morgan fingerprint density at radius 3 is 3.11 bits per heavy atom. The molecule has 0 aliphatic carbocycles. The standard InChI is InChI=1S/C16H23NOS/c1-14-5-4-10-17(11-9-14)13-16-8-7-15(19-16)6-2-3-12-18/h7-8,14,18H,3-5,9-13H2,1H3. The van der Waals surface area contributed by atoms with E-state index >= 15 is 0 Å². The van der Waals surface area contributed by atoms with E-state index in [-0.39, 0.29) is 6.61 Å². The summed E-state index contributed by atoms with van der Waals surface area (Å²) < 4.78 is 0. The molecule has 1 aliphatic rings. The third kappa shape index (κ3) is 4.99. The van der Waals surface area contributed by atoms with Crippen LogP contribution >= 0.6 is 11.3 Å². The van der Waals surface area contributed by atoms with Crippen molar-refractivity contribution in [1.82, 2.24) is 4.90 Å². The van der Waals surface area contributed by atoms with Crippen LogP contribution in [0.2, 0.25) is 0 Å². The van der Waals surface area contributed by atoms with Crippen LogP contribution in [0.15, 0.2) is 12.1 Å². The summed E-state index contributed by atoms with van der Waals surface area (Å²) in [5.41, 5.74) is 0. The molecule has 0 radical (unpaired) electrons. The smallest absolute Gasteiger partial charge is 0.0771 e. The van der Waals surface area contributed by atoms with Crippen LogP contribution in [-0.2, 0) is 6.54 Å². The van der Waals surface area contributed by atoms with Crippen molar-refractivity contribution in [3.05, 3.63) is 21.9 Å². The maximum absolute atomic E-state index is 8.71. The van der Waals surface area contributed by atoms with E-state index in [1.165, 1.54) is 37.2 Å². The SMILES string of the molecule is CC1CCCN(Cc2ccc(C#CCCO)s2)CC1. The molecule has 1 fully saturated rings. The minimum Gasteiger partial charge on any atom is -0.395 e. The molecule has 3 heteroatoms. The molecule has 1 aromatic rings. The second kappa shape index (κ2) is 7.69. The van der Waals surface area contributed by atoms with Crippen molar-refractivity contribution in [3.63, 3.8) is 0 Å². The average molecular weight is 277 g/mol. The average Bonchev–Trinajstić information content (AvgIpc) is 2.73. The van der Waals surface area contributed by atoms with Gasteiger partial charge in [0.2, 0.25) is 0 Å². The minimum atomic E-state index is 0.150. The van der Waals surface area contributed by atoms with Gasteiger partial charge in [0.1, 0.15) is 0 Å². The Balaban J connectivity index is 1.87. The molecule has 0 aromatic carbocycles. The molecule has 1 unspecified atom stereocenters. The summed E-state index contributed by atoms with van der Waals surface area (Å²) in [6.07, 6.45) is 4.60. The molecule has 1 aromatic heterocycles. The predicted octanol–water partition coefficient (Wildman–Crippen LogP) is 3.10. The van der Waals surface area contributed by atoms with Gasteiger partial charge >= 0.3 is 0 Å². The zero-order valence-electron chi connectivity index (χ0n) is 11.7. The molecule has 19 heavy (non-hydrogen) atoms. The van der Waals surface area contributed by atoms with E-state index in [9.17, 15) is 0 Å². The molecule has 2 nitrogen and oxygen atoms in total. The largest absolute Gasteiger partial charge is 0.395 e. The van der Waals surface area contributed by atoms with Crippen molar-refractivity contribution in [2.45, 2.75) is 39.2 Å². The molecule has 1 N–H and O–H groups in total. The van der Waals surface area contributed by atoms with E-state index in [0.29, 0.717) is 6.42 Å². The molecule has 1 aliphatic heterocycles. The van der Waals surface area contributed by atoms with Crippen molar-refractivity contribution in [2.75, 3.05) is 19.7 Å². The van der Waals surface area contributed by atoms with Crippen molar-refractivity contribution < 1.29 is 5.11 Å². The van der Waals surface area contributed by atoms with Gasteiger partial charge in [0.25, 0.3) is 0 Å². The van der Waals surface area contributed by atoms with Crippen LogP contribution in [-0.4, -0.2) is 29.7 Å². The Bertz CT molecular complexity index is 443. The molecule has 2 rings (SSSR count). The van der Waals surface area contributed by atoms with Gasteiger partial charge in [0.15, 0.2) is 0 Å². The van der Waals surface area contributed by atoms with Gasteiger partial charge in [-0.3, -0.25) is 4.90 Å². The van der Waals surface area contributed by atoms with E-state index in [1.54, 1.807) is 11.3 Å². The van der Waals surface area contributed by atoms with Gasteiger partial charge in [-0.1, -0.05) is 18.8 Å². The lowest BCUT2D eigenvalue weighted by atomic mass is 10.0. The van der Waals surface area contributed by atoms with Gasteiger partial charge < -0.3 is 5.11 Å². The summed E-state index contributed by atoms with van der Waals surface area (Å²) in [5, 5.41) is 8.71. The van der Waals surface area contributed by atoms with Crippen LogP contribution in [0.4, 0.5) is 0 Å². The minimum absolute atomic E-state index is 0.150. The molecule has 0 saturated carbocycles. The van der Waals surface area contributed by atoms with Crippen molar-refractivity contribution >= 4 is 11.3 Å². The van der Waals surface area contributed by atoms with Crippen LogP contribution < -0.4 is 0 Å². The van der Waals surface area contributed by atoms with Gasteiger partial charge in [-0.2, -0.15) is 0 Å². The molecule has 2 heterocycles. The lowest BCUT2D eigenvalue weighted by Crippen LogP contribution is -2.23. The number of nitrogens with zero attached hydrogens (tertiary/aromatic N) is 1. The first-order chi connectivity index (χ1) is 9.28. The molecule has 0 bridgehead atoms. The van der Waals surface area contributed by atoms with Crippen molar-refractivity contribution in [3.8, 4) is 11.8 Å². The van der Waals surface area contributed by atoms with Crippen LogP contribution in [0.1, 0.15) is 42.4 Å². The maximum atomic E-state index is 8.71. The first kappa shape index (κ1) is 14.6. The number of rotatable bonds is 3. The highest BCUT2D eigenvalue weighted by molar-refractivity contribution is 7.12. The Morgan fingerprint density at radius 1 is 1.37 bits per heavy atom. The lowest BCUT2D eigenvalue weighted by molar-refractivity contribution is 0.276. The Hall–Kier alpha value is -0.820. The van der Waals surface area contributed by atoms with Gasteiger partial charge in [0.05, 0.1) is 11.5 Å². The number of hydrogen-bond acceptors (Lipinski definition) is 3. The fourth-order valence-corrected chi connectivity index (χ4v) is 3.36. The normalized spacial score (nSPS) is 20.6. The summed E-state index contributed by atoms with van der Waals surface area (Å²) in [5.74, 6) is 6.98. The number of aliphatic hydroxyl groups excluding tert-OH is 1. The fourth-order valence-electron chi connectivity index (χ4n) is 2.44. The highest BCUT2D eigenvalue weighted by Gasteiger charge is 2.14. The van der Waals surface area contributed by atoms with Gasteiger partial charge in [0, 0.05) is 17.8 Å². The number of hydrogen-bond donors (Lipinski definition) is 1. The quantitative estimate of drug-likeness (QED) is 0.858. The van der Waals surface area contributed by atoms with E-state index in [2.05, 4.69) is 35.8 Å². The molecular formula is C16H23NOS. The zero-order valence-corrected chi connectivity index (χ0v) is 12.5. The van der Waals surface area contributed by atoms with Gasteiger partial charge in [-0.25, -0.2) is 0 Å². The Morgan fingerprint density at radius 2 is 2.26 bits per heavy atom. The van der Waals surface area contributed by atoms with Crippen molar-refractivity contribution in [1.29, 1.82) is 0 Å². The van der Waals surface area contributed by atoms with Crippen LogP contribution in [0.25, 0.3) is 0 Å². The molecule has 1 atom stereocenters. The van der Waals surface area contributed by atoms with E-state index in [1.807, 2.05) is 0 Å². The predicted molar refractivity (Wildman–Crippen MR) is 81.2 cm³/mol. The third-order valence-electron chi connectivity index (χ3n) is 3.60. The summed E-state index contributed by atoms with van der Waals surface area (Å²) in [6.45, 7) is 6.04. The summed E-state index contributed by atoms with van der Waals surface area (Å²) >= 11 is 1.79. The van der Waals surface area contributed by atoms with Crippen molar-refractivity contribution in [2.24, 2.45) is 5.92 Å². The van der Waals surface area contributed by atoms with E-state index in [4.69, 9.17) is 5.11 Å². The molecule has 1 saturated heterocycles. The summed E-state index contributed by atoms with van der Waals surface area (Å²) in [7, 11) is 0. The Labute approximate surface area is 120 Å². The number of aliphatic hydroxyl groups is 1. The highest BCUT2D eigenvalue weighted by Crippen LogP contribution is 2.21. The summed E-state index contributed by atoms with van der Waals surface area (Å²) in [4.78, 5) is 5.09. The van der Waals surface area contributed by atoms with Gasteiger partial charge in [-0.05, 0) is 50.4 Å². The molecule has 104 valence electrons. The Kier molecular flexibility index (Phi) is 5.91. The van der Waals surface area contributed by atoms with E-state index in [0.717, 1.165) is 17.3 Å².